The molecule has 1 heterocycles. The fourth-order valence-corrected chi connectivity index (χ4v) is 3.60. The van der Waals surface area contributed by atoms with Gasteiger partial charge >= 0.3 is 0 Å². The second kappa shape index (κ2) is 9.19. The van der Waals surface area contributed by atoms with Crippen LogP contribution in [0.4, 0.5) is 0 Å². The van der Waals surface area contributed by atoms with E-state index in [4.69, 9.17) is 4.42 Å². The quantitative estimate of drug-likeness (QED) is 0.523. The minimum atomic E-state index is -0.330. The van der Waals surface area contributed by atoms with E-state index < -0.39 is 0 Å². The first-order valence-electron chi connectivity index (χ1n) is 8.61. The zero-order valence-electron chi connectivity index (χ0n) is 15.1. The lowest BCUT2D eigenvalue weighted by Gasteiger charge is -2.15. The van der Waals surface area contributed by atoms with E-state index in [0.29, 0.717) is 17.7 Å². The van der Waals surface area contributed by atoms with Gasteiger partial charge in [0.2, 0.25) is 11.8 Å². The molecule has 3 rings (SSSR count). The van der Waals surface area contributed by atoms with Crippen LogP contribution in [0.5, 0.6) is 0 Å². The number of rotatable bonds is 7. The Hall–Kier alpha value is -2.12. The first-order chi connectivity index (χ1) is 13.0. The molecular formula is C20H20BrN3O2S. The minimum Gasteiger partial charge on any atom is -0.411 e. The number of halogens is 1. The van der Waals surface area contributed by atoms with Crippen LogP contribution in [-0.2, 0) is 4.79 Å². The normalized spacial score (nSPS) is 13.1. The molecular weight excluding hydrogens is 426 g/mol. The number of nitrogens with zero attached hydrogens (tertiary/aromatic N) is 2. The van der Waals surface area contributed by atoms with Gasteiger partial charge in [0, 0.05) is 16.6 Å². The number of carbonyl (C=O) groups is 1. The average molecular weight is 446 g/mol. The molecule has 0 radical (unpaired) electrons. The molecule has 2 aromatic carbocycles. The largest absolute Gasteiger partial charge is 0.411 e. The predicted molar refractivity (Wildman–Crippen MR) is 111 cm³/mol. The van der Waals surface area contributed by atoms with Gasteiger partial charge in [0.1, 0.15) is 0 Å². The highest BCUT2D eigenvalue weighted by atomic mass is 79.9. The molecule has 2 atom stereocenters. The third-order valence-electron chi connectivity index (χ3n) is 4.08. The number of amides is 1. The Kier molecular flexibility index (Phi) is 6.68. The summed E-state index contributed by atoms with van der Waals surface area (Å²) >= 11 is 4.68. The third-order valence-corrected chi connectivity index (χ3v) is 5.50. The monoisotopic (exact) mass is 445 g/mol. The Bertz CT molecular complexity index is 901. The van der Waals surface area contributed by atoms with Crippen LogP contribution in [0.1, 0.15) is 25.3 Å². The minimum absolute atomic E-state index is 0.0509. The molecule has 0 aliphatic rings. The van der Waals surface area contributed by atoms with Gasteiger partial charge in [-0.05, 0) is 36.6 Å². The molecule has 5 nitrogen and oxygen atoms in total. The zero-order chi connectivity index (χ0) is 19.2. The first-order valence-corrected chi connectivity index (χ1v) is 10.3. The van der Waals surface area contributed by atoms with Crippen LogP contribution in [0.2, 0.25) is 0 Å². The summed E-state index contributed by atoms with van der Waals surface area (Å²) in [5.74, 6) is 0.632. The van der Waals surface area contributed by atoms with Crippen molar-refractivity contribution in [1.29, 1.82) is 0 Å². The first kappa shape index (κ1) is 19.6. The fourth-order valence-electron chi connectivity index (χ4n) is 2.50. The lowest BCUT2D eigenvalue weighted by Crippen LogP contribution is -2.33. The SMILES string of the molecule is C[C@H](Sc1nnc(-c2cccc(Br)c2)o1)C(=O)NC[C@H](C)c1ccccc1. The Morgan fingerprint density at radius 1 is 1.15 bits per heavy atom. The number of hydrogen-bond donors (Lipinski definition) is 1. The molecule has 0 saturated carbocycles. The highest BCUT2D eigenvalue weighted by Gasteiger charge is 2.19. The van der Waals surface area contributed by atoms with Crippen LogP contribution in [0, 0.1) is 0 Å². The molecule has 0 fully saturated rings. The molecule has 140 valence electrons. The van der Waals surface area contributed by atoms with E-state index >= 15 is 0 Å². The van der Waals surface area contributed by atoms with Crippen LogP contribution in [0.3, 0.4) is 0 Å². The van der Waals surface area contributed by atoms with Crippen molar-refractivity contribution >= 4 is 33.6 Å². The summed E-state index contributed by atoms with van der Waals surface area (Å²) in [6.07, 6.45) is 0. The highest BCUT2D eigenvalue weighted by molar-refractivity contribution is 9.10. The molecule has 0 saturated heterocycles. The Labute approximate surface area is 171 Å². The van der Waals surface area contributed by atoms with Gasteiger partial charge in [-0.2, -0.15) is 0 Å². The van der Waals surface area contributed by atoms with Crippen molar-refractivity contribution in [1.82, 2.24) is 15.5 Å². The van der Waals surface area contributed by atoms with Gasteiger partial charge in [-0.15, -0.1) is 10.2 Å². The summed E-state index contributed by atoms with van der Waals surface area (Å²) in [6.45, 7) is 4.51. The molecule has 1 amide bonds. The van der Waals surface area contributed by atoms with E-state index in [1.54, 1.807) is 0 Å². The lowest BCUT2D eigenvalue weighted by molar-refractivity contribution is -0.120. The molecule has 1 aromatic heterocycles. The summed E-state index contributed by atoms with van der Waals surface area (Å²) < 4.78 is 6.62. The van der Waals surface area contributed by atoms with E-state index in [1.807, 2.05) is 49.4 Å². The van der Waals surface area contributed by atoms with Gasteiger partial charge in [-0.3, -0.25) is 4.79 Å². The molecule has 0 bridgehead atoms. The van der Waals surface area contributed by atoms with Crippen LogP contribution in [0.25, 0.3) is 11.5 Å². The number of carbonyl (C=O) groups excluding carboxylic acids is 1. The summed E-state index contributed by atoms with van der Waals surface area (Å²) in [5, 5.41) is 11.1. The highest BCUT2D eigenvalue weighted by Crippen LogP contribution is 2.27. The third kappa shape index (κ3) is 5.43. The van der Waals surface area contributed by atoms with Gasteiger partial charge in [0.15, 0.2) is 0 Å². The predicted octanol–water partition coefficient (Wildman–Crippen LogP) is 4.90. The molecule has 0 unspecified atom stereocenters. The van der Waals surface area contributed by atoms with E-state index in [1.165, 1.54) is 17.3 Å². The van der Waals surface area contributed by atoms with E-state index in [-0.39, 0.29) is 17.1 Å². The van der Waals surface area contributed by atoms with Crippen molar-refractivity contribution in [2.75, 3.05) is 6.54 Å². The van der Waals surface area contributed by atoms with Gasteiger partial charge in [0.05, 0.1) is 5.25 Å². The summed E-state index contributed by atoms with van der Waals surface area (Å²) in [7, 11) is 0. The van der Waals surface area contributed by atoms with E-state index in [9.17, 15) is 4.79 Å². The van der Waals surface area contributed by atoms with Gasteiger partial charge in [-0.25, -0.2) is 0 Å². The maximum Gasteiger partial charge on any atom is 0.277 e. The van der Waals surface area contributed by atoms with Crippen molar-refractivity contribution < 1.29 is 9.21 Å². The molecule has 1 N–H and O–H groups in total. The second-order valence-electron chi connectivity index (χ2n) is 6.20. The summed E-state index contributed by atoms with van der Waals surface area (Å²) in [6, 6.07) is 17.8. The van der Waals surface area contributed by atoms with E-state index in [0.717, 1.165) is 10.0 Å². The maximum atomic E-state index is 12.4. The molecule has 7 heteroatoms. The number of thioether (sulfide) groups is 1. The number of nitrogens with one attached hydrogen (secondary N) is 1. The number of aromatic nitrogens is 2. The van der Waals surface area contributed by atoms with Crippen molar-refractivity contribution in [2.45, 2.75) is 30.2 Å². The fraction of sp³-hybridized carbons (Fsp3) is 0.250. The van der Waals surface area contributed by atoms with Gasteiger partial charge in [-0.1, -0.05) is 71.0 Å². The second-order valence-corrected chi connectivity index (χ2v) is 8.41. The molecule has 0 aliphatic carbocycles. The van der Waals surface area contributed by atoms with E-state index in [2.05, 4.69) is 50.5 Å². The molecule has 27 heavy (non-hydrogen) atoms. The summed E-state index contributed by atoms with van der Waals surface area (Å²) in [5.41, 5.74) is 2.03. The topological polar surface area (TPSA) is 68.0 Å². The van der Waals surface area contributed by atoms with Gasteiger partial charge in [0.25, 0.3) is 5.22 Å². The van der Waals surface area contributed by atoms with Crippen LogP contribution in [0.15, 0.2) is 68.7 Å². The van der Waals surface area contributed by atoms with Crippen molar-refractivity contribution in [3.05, 3.63) is 64.6 Å². The number of benzene rings is 2. The summed E-state index contributed by atoms with van der Waals surface area (Å²) in [4.78, 5) is 12.4. The zero-order valence-corrected chi connectivity index (χ0v) is 17.5. The molecule has 0 spiro atoms. The number of hydrogen-bond acceptors (Lipinski definition) is 5. The average Bonchev–Trinajstić information content (AvgIpc) is 3.15. The lowest BCUT2D eigenvalue weighted by atomic mass is 10.0. The smallest absolute Gasteiger partial charge is 0.277 e. The Morgan fingerprint density at radius 2 is 1.93 bits per heavy atom. The molecule has 3 aromatic rings. The van der Waals surface area contributed by atoms with Crippen LogP contribution in [-0.4, -0.2) is 27.9 Å². The molecule has 0 aliphatic heterocycles. The van der Waals surface area contributed by atoms with Gasteiger partial charge < -0.3 is 9.73 Å². The van der Waals surface area contributed by atoms with Crippen LogP contribution >= 0.6 is 27.7 Å². The van der Waals surface area contributed by atoms with Crippen molar-refractivity contribution in [3.63, 3.8) is 0 Å². The maximum absolute atomic E-state index is 12.4. The van der Waals surface area contributed by atoms with Crippen molar-refractivity contribution in [2.24, 2.45) is 0 Å². The Balaban J connectivity index is 1.54. The standard InChI is InChI=1S/C20H20BrN3O2S/c1-13(15-7-4-3-5-8-15)12-22-18(25)14(2)27-20-24-23-19(26-20)16-9-6-10-17(21)11-16/h3-11,13-14H,12H2,1-2H3,(H,22,25)/t13-,14-/m0/s1. The van der Waals surface area contributed by atoms with Crippen LogP contribution < -0.4 is 5.32 Å². The van der Waals surface area contributed by atoms with Crippen molar-refractivity contribution in [3.8, 4) is 11.5 Å². The Morgan fingerprint density at radius 3 is 2.67 bits per heavy atom.